The molecule has 1 N–H and O–H groups in total. The summed E-state index contributed by atoms with van der Waals surface area (Å²) < 4.78 is 5.84. The Labute approximate surface area is 182 Å². The average molecular weight is 421 g/mol. The lowest BCUT2D eigenvalue weighted by atomic mass is 10.1. The van der Waals surface area contributed by atoms with Crippen molar-refractivity contribution >= 4 is 23.2 Å². The van der Waals surface area contributed by atoms with Crippen molar-refractivity contribution in [3.05, 3.63) is 65.7 Å². The number of rotatable bonds is 6. The fourth-order valence-corrected chi connectivity index (χ4v) is 3.88. The molecule has 162 valence electrons. The molecule has 1 atom stereocenters. The third-order valence-corrected chi connectivity index (χ3v) is 5.50. The maximum Gasteiger partial charge on any atom is 0.267 e. The molecule has 2 heterocycles. The van der Waals surface area contributed by atoms with Crippen molar-refractivity contribution in [2.75, 3.05) is 31.3 Å². The van der Waals surface area contributed by atoms with Crippen LogP contribution in [-0.2, 0) is 20.9 Å². The number of hydrazone groups is 1. The van der Waals surface area contributed by atoms with Gasteiger partial charge in [0.2, 0.25) is 5.91 Å². The molecular weight excluding hydrogens is 392 g/mol. The Bertz CT molecular complexity index is 960. The molecule has 2 aromatic carbocycles. The monoisotopic (exact) mass is 420 g/mol. The van der Waals surface area contributed by atoms with Gasteiger partial charge in [-0.1, -0.05) is 42.5 Å². The molecule has 2 aliphatic heterocycles. The van der Waals surface area contributed by atoms with Gasteiger partial charge in [0, 0.05) is 39.0 Å². The molecule has 0 bridgehead atoms. The molecule has 0 aromatic heterocycles. The molecular formula is C24H28N4O3. The van der Waals surface area contributed by atoms with Gasteiger partial charge in [0.1, 0.15) is 5.71 Å². The molecule has 2 aliphatic rings. The number of amides is 2. The van der Waals surface area contributed by atoms with Crippen LogP contribution < -0.4 is 10.3 Å². The van der Waals surface area contributed by atoms with Crippen LogP contribution >= 0.6 is 0 Å². The summed E-state index contributed by atoms with van der Waals surface area (Å²) in [5.74, 6) is -0.344. The van der Waals surface area contributed by atoms with E-state index in [1.165, 1.54) is 10.6 Å². The zero-order valence-corrected chi connectivity index (χ0v) is 17.8. The van der Waals surface area contributed by atoms with E-state index < -0.39 is 0 Å². The SMILES string of the molecule is Cc1cccc(N2N=C(C(=O)NCC3CN(Cc4ccccc4)CCO3)CCC2=O)c1. The number of hydrogen-bond acceptors (Lipinski definition) is 5. The Morgan fingerprint density at radius 3 is 2.81 bits per heavy atom. The number of benzene rings is 2. The van der Waals surface area contributed by atoms with E-state index in [0.29, 0.717) is 31.0 Å². The van der Waals surface area contributed by atoms with Gasteiger partial charge in [-0.2, -0.15) is 5.10 Å². The second-order valence-corrected chi connectivity index (χ2v) is 8.01. The first-order valence-electron chi connectivity index (χ1n) is 10.7. The summed E-state index contributed by atoms with van der Waals surface area (Å²) in [7, 11) is 0. The van der Waals surface area contributed by atoms with Crippen LogP contribution in [0.4, 0.5) is 5.69 Å². The highest BCUT2D eigenvalue weighted by molar-refractivity contribution is 6.40. The molecule has 2 aromatic rings. The summed E-state index contributed by atoms with van der Waals surface area (Å²) in [5.41, 5.74) is 3.36. The number of nitrogens with one attached hydrogen (secondary N) is 1. The predicted molar refractivity (Wildman–Crippen MR) is 120 cm³/mol. The van der Waals surface area contributed by atoms with Crippen LogP contribution in [0.25, 0.3) is 0 Å². The summed E-state index contributed by atoms with van der Waals surface area (Å²) >= 11 is 0. The highest BCUT2D eigenvalue weighted by atomic mass is 16.5. The van der Waals surface area contributed by atoms with Gasteiger partial charge in [-0.3, -0.25) is 14.5 Å². The van der Waals surface area contributed by atoms with Crippen LogP contribution in [0.1, 0.15) is 24.0 Å². The van der Waals surface area contributed by atoms with Crippen molar-refractivity contribution in [1.82, 2.24) is 10.2 Å². The van der Waals surface area contributed by atoms with Gasteiger partial charge in [0.05, 0.1) is 18.4 Å². The standard InChI is InChI=1S/C24H28N4O3/c1-18-6-5-9-20(14-18)28-23(29)11-10-22(26-28)24(30)25-15-21-17-27(12-13-31-21)16-19-7-3-2-4-8-19/h2-9,14,21H,10-13,15-17H2,1H3,(H,25,30). The topological polar surface area (TPSA) is 74.2 Å². The Balaban J connectivity index is 1.33. The van der Waals surface area contributed by atoms with E-state index in [0.717, 1.165) is 25.2 Å². The van der Waals surface area contributed by atoms with E-state index in [2.05, 4.69) is 27.5 Å². The molecule has 0 radical (unpaired) electrons. The molecule has 4 rings (SSSR count). The maximum absolute atomic E-state index is 12.7. The van der Waals surface area contributed by atoms with Crippen LogP contribution in [0.5, 0.6) is 0 Å². The average Bonchev–Trinajstić information content (AvgIpc) is 2.79. The second kappa shape index (κ2) is 9.85. The van der Waals surface area contributed by atoms with E-state index in [1.54, 1.807) is 0 Å². The first-order chi connectivity index (χ1) is 15.1. The van der Waals surface area contributed by atoms with Crippen LogP contribution in [0.2, 0.25) is 0 Å². The molecule has 1 unspecified atom stereocenters. The van der Waals surface area contributed by atoms with Crippen molar-refractivity contribution in [2.45, 2.75) is 32.4 Å². The number of carbonyl (C=O) groups is 2. The van der Waals surface area contributed by atoms with Crippen LogP contribution in [0.3, 0.4) is 0 Å². The van der Waals surface area contributed by atoms with Gasteiger partial charge in [-0.15, -0.1) is 0 Å². The zero-order chi connectivity index (χ0) is 21.6. The van der Waals surface area contributed by atoms with Crippen molar-refractivity contribution in [3.63, 3.8) is 0 Å². The third kappa shape index (κ3) is 5.57. The quantitative estimate of drug-likeness (QED) is 0.779. The highest BCUT2D eigenvalue weighted by Crippen LogP contribution is 2.21. The lowest BCUT2D eigenvalue weighted by molar-refractivity contribution is -0.119. The van der Waals surface area contributed by atoms with Gasteiger partial charge >= 0.3 is 0 Å². The Morgan fingerprint density at radius 2 is 2.00 bits per heavy atom. The number of morpholine rings is 1. The highest BCUT2D eigenvalue weighted by Gasteiger charge is 2.27. The third-order valence-electron chi connectivity index (χ3n) is 5.50. The Hall–Kier alpha value is -3.03. The van der Waals surface area contributed by atoms with Gasteiger partial charge in [0.25, 0.3) is 5.91 Å². The van der Waals surface area contributed by atoms with Crippen molar-refractivity contribution in [3.8, 4) is 0 Å². The first-order valence-corrected chi connectivity index (χ1v) is 10.7. The van der Waals surface area contributed by atoms with Gasteiger partial charge in [0.15, 0.2) is 0 Å². The minimum Gasteiger partial charge on any atom is -0.374 e. The van der Waals surface area contributed by atoms with Crippen LogP contribution in [-0.4, -0.2) is 54.8 Å². The summed E-state index contributed by atoms with van der Waals surface area (Å²) in [4.78, 5) is 27.4. The zero-order valence-electron chi connectivity index (χ0n) is 17.8. The lowest BCUT2D eigenvalue weighted by Crippen LogP contribution is -2.48. The van der Waals surface area contributed by atoms with Crippen LogP contribution in [0.15, 0.2) is 59.7 Å². The summed E-state index contributed by atoms with van der Waals surface area (Å²) in [6.07, 6.45) is 0.545. The number of ether oxygens (including phenoxy) is 1. The van der Waals surface area contributed by atoms with E-state index in [9.17, 15) is 9.59 Å². The molecule has 0 spiro atoms. The number of aryl methyl sites for hydroxylation is 1. The van der Waals surface area contributed by atoms with Gasteiger partial charge in [-0.05, 0) is 30.2 Å². The Morgan fingerprint density at radius 1 is 1.16 bits per heavy atom. The number of nitrogens with zero attached hydrogens (tertiary/aromatic N) is 3. The molecule has 1 saturated heterocycles. The largest absolute Gasteiger partial charge is 0.374 e. The Kier molecular flexibility index (Phi) is 6.74. The molecule has 0 aliphatic carbocycles. The van der Waals surface area contributed by atoms with Crippen LogP contribution in [0, 0.1) is 6.92 Å². The summed E-state index contributed by atoms with van der Waals surface area (Å²) in [6, 6.07) is 17.9. The predicted octanol–water partition coefficient (Wildman–Crippen LogP) is 2.50. The first kappa shape index (κ1) is 21.2. The van der Waals surface area contributed by atoms with Gasteiger partial charge in [-0.25, -0.2) is 5.01 Å². The second-order valence-electron chi connectivity index (χ2n) is 8.01. The van der Waals surface area contributed by atoms with Gasteiger partial charge < -0.3 is 10.1 Å². The number of anilines is 1. The molecule has 7 heteroatoms. The summed E-state index contributed by atoms with van der Waals surface area (Å²) in [5, 5.41) is 8.63. The molecule has 7 nitrogen and oxygen atoms in total. The normalized spacial score (nSPS) is 19.8. The minimum atomic E-state index is -0.242. The fourth-order valence-electron chi connectivity index (χ4n) is 3.88. The maximum atomic E-state index is 12.7. The summed E-state index contributed by atoms with van der Waals surface area (Å²) in [6.45, 7) is 5.52. The molecule has 31 heavy (non-hydrogen) atoms. The molecule has 2 amide bonds. The lowest BCUT2D eigenvalue weighted by Gasteiger charge is -2.33. The number of carbonyl (C=O) groups excluding carboxylic acids is 2. The van der Waals surface area contributed by atoms with E-state index in [-0.39, 0.29) is 24.3 Å². The molecule has 0 saturated carbocycles. The molecule has 1 fully saturated rings. The van der Waals surface area contributed by atoms with Crippen molar-refractivity contribution in [2.24, 2.45) is 5.10 Å². The number of hydrogen-bond donors (Lipinski definition) is 1. The van der Waals surface area contributed by atoms with Crippen molar-refractivity contribution in [1.29, 1.82) is 0 Å². The van der Waals surface area contributed by atoms with E-state index in [1.807, 2.05) is 49.4 Å². The fraction of sp³-hybridized carbons (Fsp3) is 0.375. The van der Waals surface area contributed by atoms with E-state index in [4.69, 9.17) is 4.74 Å². The smallest absolute Gasteiger partial charge is 0.267 e. The van der Waals surface area contributed by atoms with E-state index >= 15 is 0 Å². The van der Waals surface area contributed by atoms with Crippen molar-refractivity contribution < 1.29 is 14.3 Å². The minimum absolute atomic E-state index is 0.0693.